The van der Waals surface area contributed by atoms with Crippen molar-refractivity contribution < 1.29 is 4.39 Å². The SMILES string of the molecule is CC(C)(C)c1ccc(N2c3ccc(C(C)(C)C)cc3B3c4ccc(C(C)(C)C)cc4N(c4cccc(C(C)(C)C)c4)c4cc(N5c6ccc(F)cc6C6(C)CCCC56C)cc2c43)cc1. The third-order valence-corrected chi connectivity index (χ3v) is 15.8. The summed E-state index contributed by atoms with van der Waals surface area (Å²) in [5, 5.41) is 0. The van der Waals surface area contributed by atoms with Gasteiger partial charge in [-0.3, -0.25) is 0 Å². The molecule has 328 valence electrons. The van der Waals surface area contributed by atoms with E-state index in [2.05, 4.69) is 215 Å². The van der Waals surface area contributed by atoms with Gasteiger partial charge in [0.2, 0.25) is 0 Å². The minimum absolute atomic E-state index is 0.0141. The maximum Gasteiger partial charge on any atom is 0.252 e. The van der Waals surface area contributed by atoms with E-state index in [1.54, 1.807) is 6.07 Å². The lowest BCUT2D eigenvalue weighted by Crippen LogP contribution is -2.61. The number of nitrogens with zero attached hydrogens (tertiary/aromatic N) is 3. The highest BCUT2D eigenvalue weighted by molar-refractivity contribution is 7.00. The lowest BCUT2D eigenvalue weighted by atomic mass is 9.33. The summed E-state index contributed by atoms with van der Waals surface area (Å²) in [5.74, 6) is -0.160. The van der Waals surface area contributed by atoms with Crippen LogP contribution < -0.4 is 31.1 Å². The molecule has 64 heavy (non-hydrogen) atoms. The van der Waals surface area contributed by atoms with Crippen LogP contribution in [0.15, 0.2) is 115 Å². The molecule has 10 rings (SSSR count). The highest BCUT2D eigenvalue weighted by Crippen LogP contribution is 2.63. The van der Waals surface area contributed by atoms with Crippen LogP contribution in [0, 0.1) is 5.82 Å². The summed E-state index contributed by atoms with van der Waals surface area (Å²) < 4.78 is 15.4. The van der Waals surface area contributed by atoms with Crippen molar-refractivity contribution in [2.75, 3.05) is 14.7 Å². The number of hydrogen-bond acceptors (Lipinski definition) is 3. The van der Waals surface area contributed by atoms with E-state index in [9.17, 15) is 0 Å². The first-order valence-corrected chi connectivity index (χ1v) is 23.8. The molecule has 3 heterocycles. The summed E-state index contributed by atoms with van der Waals surface area (Å²) in [6, 6.07) is 43.7. The van der Waals surface area contributed by atoms with Crippen LogP contribution in [0.1, 0.15) is 144 Å². The second-order valence-corrected chi connectivity index (χ2v) is 24.1. The van der Waals surface area contributed by atoms with Gasteiger partial charge < -0.3 is 14.7 Å². The van der Waals surface area contributed by atoms with E-state index in [0.29, 0.717) is 0 Å². The van der Waals surface area contributed by atoms with Gasteiger partial charge in [0.05, 0.1) is 5.54 Å². The molecule has 6 aromatic rings. The lowest BCUT2D eigenvalue weighted by molar-refractivity contribution is 0.330. The Bertz CT molecular complexity index is 2870. The van der Waals surface area contributed by atoms with Gasteiger partial charge in [-0.25, -0.2) is 4.39 Å². The van der Waals surface area contributed by atoms with E-state index in [1.807, 2.05) is 6.07 Å². The van der Waals surface area contributed by atoms with E-state index in [0.717, 1.165) is 47.6 Å². The molecule has 3 aliphatic heterocycles. The van der Waals surface area contributed by atoms with Crippen molar-refractivity contribution in [1.82, 2.24) is 0 Å². The first kappa shape index (κ1) is 42.7. The van der Waals surface area contributed by atoms with Gasteiger partial charge in [0.15, 0.2) is 0 Å². The highest BCUT2D eigenvalue weighted by atomic mass is 19.1. The average Bonchev–Trinajstić information content (AvgIpc) is 3.62. The Balaban J connectivity index is 1.35. The molecule has 3 nitrogen and oxygen atoms in total. The number of benzene rings is 6. The third kappa shape index (κ3) is 6.33. The Labute approximate surface area is 383 Å². The van der Waals surface area contributed by atoms with E-state index < -0.39 is 0 Å². The fourth-order valence-electron chi connectivity index (χ4n) is 11.8. The van der Waals surface area contributed by atoms with Gasteiger partial charge in [-0.2, -0.15) is 0 Å². The molecule has 0 saturated heterocycles. The van der Waals surface area contributed by atoms with Crippen LogP contribution >= 0.6 is 0 Å². The van der Waals surface area contributed by atoms with Crippen molar-refractivity contribution in [2.24, 2.45) is 0 Å². The largest absolute Gasteiger partial charge is 0.334 e. The van der Waals surface area contributed by atoms with Gasteiger partial charge in [0.25, 0.3) is 6.71 Å². The summed E-state index contributed by atoms with van der Waals surface area (Å²) in [6.45, 7) is 32.6. The van der Waals surface area contributed by atoms with E-state index >= 15 is 4.39 Å². The van der Waals surface area contributed by atoms with Crippen molar-refractivity contribution in [1.29, 1.82) is 0 Å². The van der Waals surface area contributed by atoms with Gasteiger partial charge in [0, 0.05) is 50.9 Å². The zero-order valence-electron chi connectivity index (χ0n) is 40.9. The molecule has 0 spiro atoms. The van der Waals surface area contributed by atoms with Crippen molar-refractivity contribution in [3.8, 4) is 0 Å². The van der Waals surface area contributed by atoms with E-state index in [4.69, 9.17) is 0 Å². The number of fused-ring (bicyclic) bond motifs is 7. The van der Waals surface area contributed by atoms with E-state index in [-0.39, 0.29) is 45.1 Å². The molecule has 2 atom stereocenters. The monoisotopic (exact) mass is 848 g/mol. The molecule has 0 bridgehead atoms. The minimum atomic E-state index is -0.250. The first-order chi connectivity index (χ1) is 29.9. The Morgan fingerprint density at radius 1 is 0.469 bits per heavy atom. The molecule has 1 saturated carbocycles. The predicted molar refractivity (Wildman–Crippen MR) is 273 cm³/mol. The normalized spacial score (nSPS) is 20.2. The molecule has 4 aliphatic rings. The molecule has 0 N–H and O–H groups in total. The van der Waals surface area contributed by atoms with Crippen molar-refractivity contribution in [3.05, 3.63) is 149 Å². The zero-order chi connectivity index (χ0) is 45.7. The second-order valence-electron chi connectivity index (χ2n) is 24.1. The first-order valence-electron chi connectivity index (χ1n) is 23.8. The van der Waals surface area contributed by atoms with Crippen molar-refractivity contribution in [2.45, 2.75) is 149 Å². The molecule has 0 amide bonds. The molecular formula is C59H67BFN3. The average molecular weight is 848 g/mol. The van der Waals surface area contributed by atoms with Crippen LogP contribution in [0.2, 0.25) is 0 Å². The Morgan fingerprint density at radius 2 is 1.03 bits per heavy atom. The number of anilines is 8. The highest BCUT2D eigenvalue weighted by Gasteiger charge is 2.60. The van der Waals surface area contributed by atoms with Crippen LogP contribution in [-0.4, -0.2) is 12.3 Å². The van der Waals surface area contributed by atoms with Crippen LogP contribution in [0.4, 0.5) is 49.9 Å². The maximum absolute atomic E-state index is 15.4. The topological polar surface area (TPSA) is 9.72 Å². The second kappa shape index (κ2) is 13.9. The summed E-state index contributed by atoms with van der Waals surface area (Å²) in [5.41, 5.74) is 19.2. The van der Waals surface area contributed by atoms with Gasteiger partial charge in [-0.05, 0) is 152 Å². The molecule has 1 fully saturated rings. The van der Waals surface area contributed by atoms with Gasteiger partial charge in [-0.1, -0.05) is 145 Å². The van der Waals surface area contributed by atoms with Crippen LogP contribution in [-0.2, 0) is 27.1 Å². The van der Waals surface area contributed by atoms with Crippen LogP contribution in [0.25, 0.3) is 0 Å². The minimum Gasteiger partial charge on any atom is -0.334 e. The smallest absolute Gasteiger partial charge is 0.252 e. The molecular weight excluding hydrogens is 780 g/mol. The summed E-state index contributed by atoms with van der Waals surface area (Å²) in [6.07, 6.45) is 3.16. The Hall–Kier alpha value is -5.29. The molecule has 2 unspecified atom stereocenters. The maximum atomic E-state index is 15.4. The zero-order valence-corrected chi connectivity index (χ0v) is 40.9. The standard InChI is InChI=1S/C59H67BFN3/c1-54(2,3)37-19-24-42(25-20-37)62-49-27-22-39(56(7,8)9)32-47(49)60-46-26-21-40(57(10,11)12)33-50(46)63(43-18-15-17-38(31-43)55(4,5)6)52-36-44(35-51(62)53(52)60)64-48-28-23-41(61)34-45(48)58(13)29-16-30-59(58,64)14/h15,17-28,31-36H,16,29-30H2,1-14H3. The molecule has 0 aromatic heterocycles. The summed E-state index contributed by atoms with van der Waals surface area (Å²) in [4.78, 5) is 7.77. The Morgan fingerprint density at radius 3 is 1.67 bits per heavy atom. The fraction of sp³-hybridized carbons (Fsp3) is 0.390. The summed E-state index contributed by atoms with van der Waals surface area (Å²) >= 11 is 0. The number of halogens is 1. The molecule has 0 radical (unpaired) electrons. The van der Waals surface area contributed by atoms with Gasteiger partial charge in [-0.15, -0.1) is 0 Å². The molecule has 5 heteroatoms. The third-order valence-electron chi connectivity index (χ3n) is 15.8. The number of rotatable bonds is 3. The van der Waals surface area contributed by atoms with Crippen LogP contribution in [0.5, 0.6) is 0 Å². The van der Waals surface area contributed by atoms with Crippen molar-refractivity contribution >= 4 is 68.6 Å². The molecule has 1 aliphatic carbocycles. The quantitative estimate of drug-likeness (QED) is 0.164. The fourth-order valence-corrected chi connectivity index (χ4v) is 11.8. The Kier molecular flexibility index (Phi) is 9.24. The van der Waals surface area contributed by atoms with Gasteiger partial charge in [0.1, 0.15) is 5.82 Å². The lowest BCUT2D eigenvalue weighted by Gasteiger charge is -2.47. The summed E-state index contributed by atoms with van der Waals surface area (Å²) in [7, 11) is 0. The molecule has 6 aromatic carbocycles. The van der Waals surface area contributed by atoms with Gasteiger partial charge >= 0.3 is 0 Å². The van der Waals surface area contributed by atoms with E-state index in [1.165, 1.54) is 61.4 Å². The predicted octanol–water partition coefficient (Wildman–Crippen LogP) is 14.5. The number of hydrogen-bond donors (Lipinski definition) is 0. The van der Waals surface area contributed by atoms with Crippen LogP contribution in [0.3, 0.4) is 0 Å². The van der Waals surface area contributed by atoms with Crippen molar-refractivity contribution in [3.63, 3.8) is 0 Å².